The molecule has 0 fully saturated rings. The number of ether oxygens (including phenoxy) is 1. The monoisotopic (exact) mass is 301 g/mol. The van der Waals surface area contributed by atoms with Crippen molar-refractivity contribution in [1.29, 1.82) is 0 Å². The lowest BCUT2D eigenvalue weighted by molar-refractivity contribution is -0.137. The van der Waals surface area contributed by atoms with Gasteiger partial charge in [-0.3, -0.25) is 14.3 Å². The first-order valence-electron chi connectivity index (χ1n) is 6.89. The van der Waals surface area contributed by atoms with Gasteiger partial charge in [0.25, 0.3) is 5.91 Å². The second-order valence-electron chi connectivity index (χ2n) is 4.98. The molecule has 0 spiro atoms. The van der Waals surface area contributed by atoms with Crippen molar-refractivity contribution in [2.24, 2.45) is 0 Å². The van der Waals surface area contributed by atoms with Crippen LogP contribution in [0.3, 0.4) is 0 Å². The van der Waals surface area contributed by atoms with E-state index in [1.165, 1.54) is 10.9 Å². The van der Waals surface area contributed by atoms with Gasteiger partial charge < -0.3 is 15.2 Å². The van der Waals surface area contributed by atoms with Gasteiger partial charge in [0.2, 0.25) is 0 Å². The summed E-state index contributed by atoms with van der Waals surface area (Å²) in [5.74, 6) is -1.00. The average Bonchev–Trinajstić information content (AvgIpc) is 2.92. The van der Waals surface area contributed by atoms with E-state index in [2.05, 4.69) is 10.4 Å². The highest BCUT2D eigenvalue weighted by Crippen LogP contribution is 2.27. The van der Waals surface area contributed by atoms with Gasteiger partial charge in [-0.2, -0.15) is 5.10 Å². The third kappa shape index (κ3) is 2.99. The Labute approximate surface area is 126 Å². The summed E-state index contributed by atoms with van der Waals surface area (Å²) in [7, 11) is 0. The van der Waals surface area contributed by atoms with Crippen LogP contribution in [0.15, 0.2) is 36.5 Å². The van der Waals surface area contributed by atoms with Crippen LogP contribution in [0.1, 0.15) is 17.2 Å². The van der Waals surface area contributed by atoms with Gasteiger partial charge in [-0.1, -0.05) is 24.3 Å². The summed E-state index contributed by atoms with van der Waals surface area (Å²) in [6.45, 7) is 0.237. The van der Waals surface area contributed by atoms with E-state index in [9.17, 15) is 9.59 Å². The molecule has 7 nitrogen and oxygen atoms in total. The maximum absolute atomic E-state index is 12.4. The summed E-state index contributed by atoms with van der Waals surface area (Å²) < 4.78 is 6.81. The first-order chi connectivity index (χ1) is 10.6. The zero-order chi connectivity index (χ0) is 15.5. The van der Waals surface area contributed by atoms with Crippen LogP contribution >= 0.6 is 0 Å². The summed E-state index contributed by atoms with van der Waals surface area (Å²) in [5, 5.41) is 15.3. The normalized spacial score (nSPS) is 16.8. The Kier molecular flexibility index (Phi) is 3.88. The van der Waals surface area contributed by atoms with Crippen molar-refractivity contribution in [3.8, 4) is 0 Å². The fourth-order valence-corrected chi connectivity index (χ4v) is 2.46. The predicted molar refractivity (Wildman–Crippen MR) is 77.3 cm³/mol. The number of rotatable bonds is 4. The van der Waals surface area contributed by atoms with Crippen molar-refractivity contribution in [2.75, 3.05) is 11.9 Å². The molecule has 2 N–H and O–H groups in total. The number of anilines is 1. The van der Waals surface area contributed by atoms with E-state index < -0.39 is 12.1 Å². The van der Waals surface area contributed by atoms with Crippen molar-refractivity contribution in [3.05, 3.63) is 47.7 Å². The Balaban J connectivity index is 1.73. The van der Waals surface area contributed by atoms with Gasteiger partial charge in [0, 0.05) is 12.3 Å². The maximum Gasteiger partial charge on any atom is 0.325 e. The van der Waals surface area contributed by atoms with Crippen molar-refractivity contribution < 1.29 is 19.4 Å². The molecule has 0 radical (unpaired) electrons. The van der Waals surface area contributed by atoms with Crippen molar-refractivity contribution >= 4 is 17.7 Å². The average molecular weight is 301 g/mol. The molecule has 0 saturated carbocycles. The number of nitrogens with zero attached hydrogens (tertiary/aromatic N) is 2. The van der Waals surface area contributed by atoms with Gasteiger partial charge in [-0.15, -0.1) is 0 Å². The molecule has 2 heterocycles. The van der Waals surface area contributed by atoms with E-state index in [4.69, 9.17) is 9.84 Å². The van der Waals surface area contributed by atoms with Gasteiger partial charge >= 0.3 is 5.97 Å². The third-order valence-electron chi connectivity index (χ3n) is 3.42. The van der Waals surface area contributed by atoms with Gasteiger partial charge in [0.1, 0.15) is 6.54 Å². The number of nitrogens with one attached hydrogen (secondary N) is 1. The van der Waals surface area contributed by atoms with Gasteiger partial charge in [-0.05, 0) is 17.5 Å². The Bertz CT molecular complexity index is 710. The third-order valence-corrected chi connectivity index (χ3v) is 3.42. The van der Waals surface area contributed by atoms with Gasteiger partial charge in [0.05, 0.1) is 6.61 Å². The number of carboxylic acids is 1. The molecule has 0 bridgehead atoms. The van der Waals surface area contributed by atoms with Crippen LogP contribution in [0.2, 0.25) is 0 Å². The van der Waals surface area contributed by atoms with E-state index >= 15 is 0 Å². The molecule has 1 aromatic heterocycles. The van der Waals surface area contributed by atoms with E-state index in [-0.39, 0.29) is 12.5 Å². The minimum atomic E-state index is -0.995. The second-order valence-corrected chi connectivity index (χ2v) is 4.98. The number of amides is 1. The SMILES string of the molecule is O=C(O)Cn1ccc(NC(=O)C2OCCc3ccccc32)n1. The number of carbonyl (C=O) groups is 2. The van der Waals surface area contributed by atoms with Crippen molar-refractivity contribution in [2.45, 2.75) is 19.1 Å². The number of aliphatic carboxylic acids is 1. The van der Waals surface area contributed by atoms with Crippen molar-refractivity contribution in [1.82, 2.24) is 9.78 Å². The quantitative estimate of drug-likeness (QED) is 0.885. The minimum Gasteiger partial charge on any atom is -0.480 e. The number of hydrogen-bond acceptors (Lipinski definition) is 4. The summed E-state index contributed by atoms with van der Waals surface area (Å²) in [6.07, 6.45) is 1.61. The molecule has 7 heteroatoms. The van der Waals surface area contributed by atoms with Crippen molar-refractivity contribution in [3.63, 3.8) is 0 Å². The lowest BCUT2D eigenvalue weighted by Crippen LogP contribution is -2.28. The van der Waals surface area contributed by atoms with Crippen LogP contribution in [0.4, 0.5) is 5.82 Å². The highest BCUT2D eigenvalue weighted by atomic mass is 16.5. The van der Waals surface area contributed by atoms with Gasteiger partial charge in [0.15, 0.2) is 11.9 Å². The van der Waals surface area contributed by atoms with Crippen LogP contribution in [0, 0.1) is 0 Å². The summed E-state index contributed by atoms with van der Waals surface area (Å²) >= 11 is 0. The molecule has 22 heavy (non-hydrogen) atoms. The Morgan fingerprint density at radius 2 is 2.18 bits per heavy atom. The summed E-state index contributed by atoms with van der Waals surface area (Å²) in [6, 6.07) is 9.22. The molecule has 1 atom stereocenters. The summed E-state index contributed by atoms with van der Waals surface area (Å²) in [5.41, 5.74) is 1.96. The lowest BCUT2D eigenvalue weighted by Gasteiger charge is -2.24. The number of hydrogen-bond donors (Lipinski definition) is 2. The Morgan fingerprint density at radius 1 is 1.36 bits per heavy atom. The number of aromatic nitrogens is 2. The van der Waals surface area contributed by atoms with Crippen LogP contribution < -0.4 is 5.32 Å². The number of fused-ring (bicyclic) bond motifs is 1. The molecular formula is C15H15N3O4. The highest BCUT2D eigenvalue weighted by molar-refractivity contribution is 5.94. The fourth-order valence-electron chi connectivity index (χ4n) is 2.46. The topological polar surface area (TPSA) is 93.5 Å². The number of carboxylic acid groups (broad SMARTS) is 1. The molecule has 2 aromatic rings. The molecule has 1 aliphatic rings. The molecule has 0 aliphatic carbocycles. The van der Waals surface area contributed by atoms with E-state index in [1.807, 2.05) is 24.3 Å². The standard InChI is InChI=1S/C15H15N3O4/c19-13(20)9-18-7-5-12(17-18)16-15(21)14-11-4-2-1-3-10(11)6-8-22-14/h1-5,7,14H,6,8-9H2,(H,19,20)(H,16,17,21). The smallest absolute Gasteiger partial charge is 0.325 e. The van der Waals surface area contributed by atoms with E-state index in [0.29, 0.717) is 12.4 Å². The molecule has 1 aliphatic heterocycles. The summed E-state index contributed by atoms with van der Waals surface area (Å²) in [4.78, 5) is 23.0. The minimum absolute atomic E-state index is 0.251. The first-order valence-corrected chi connectivity index (χ1v) is 6.89. The molecule has 0 saturated heterocycles. The van der Waals surface area contributed by atoms with Crippen LogP contribution in [0.25, 0.3) is 0 Å². The van der Waals surface area contributed by atoms with Gasteiger partial charge in [-0.25, -0.2) is 0 Å². The predicted octanol–water partition coefficient (Wildman–Crippen LogP) is 1.22. The van der Waals surface area contributed by atoms with E-state index in [0.717, 1.165) is 17.5 Å². The Hall–Kier alpha value is -2.67. The fraction of sp³-hybridized carbons (Fsp3) is 0.267. The molecule has 1 aromatic carbocycles. The van der Waals surface area contributed by atoms with Crippen LogP contribution in [0.5, 0.6) is 0 Å². The Morgan fingerprint density at radius 3 is 3.00 bits per heavy atom. The maximum atomic E-state index is 12.4. The molecule has 3 rings (SSSR count). The molecule has 114 valence electrons. The lowest BCUT2D eigenvalue weighted by atomic mass is 9.97. The van der Waals surface area contributed by atoms with Crippen LogP contribution in [-0.4, -0.2) is 33.4 Å². The number of benzene rings is 1. The van der Waals surface area contributed by atoms with E-state index in [1.54, 1.807) is 6.07 Å². The molecule has 1 unspecified atom stereocenters. The first kappa shape index (κ1) is 14.3. The largest absolute Gasteiger partial charge is 0.480 e. The number of carbonyl (C=O) groups excluding carboxylic acids is 1. The molecule has 1 amide bonds. The second kappa shape index (κ2) is 5.98. The van der Waals surface area contributed by atoms with Crippen LogP contribution in [-0.2, 0) is 27.3 Å². The zero-order valence-electron chi connectivity index (χ0n) is 11.7. The highest BCUT2D eigenvalue weighted by Gasteiger charge is 2.27. The molecular weight excluding hydrogens is 286 g/mol. The zero-order valence-corrected chi connectivity index (χ0v) is 11.7.